The third-order valence-corrected chi connectivity index (χ3v) is 4.23. The Kier molecular flexibility index (Phi) is 2.69. The molecule has 0 saturated carbocycles. The summed E-state index contributed by atoms with van der Waals surface area (Å²) in [6.07, 6.45) is 0. The van der Waals surface area contributed by atoms with Gasteiger partial charge in [0, 0.05) is 11.1 Å². The van der Waals surface area contributed by atoms with Crippen LogP contribution in [0.5, 0.6) is 5.75 Å². The zero-order chi connectivity index (χ0) is 14.4. The van der Waals surface area contributed by atoms with Crippen LogP contribution in [0.3, 0.4) is 0 Å². The summed E-state index contributed by atoms with van der Waals surface area (Å²) < 4.78 is 24.8. The van der Waals surface area contributed by atoms with E-state index in [1.807, 2.05) is 24.3 Å². The molecule has 0 bridgehead atoms. The van der Waals surface area contributed by atoms with E-state index in [4.69, 9.17) is 21.1 Å². The van der Waals surface area contributed by atoms with Crippen molar-refractivity contribution in [3.63, 3.8) is 0 Å². The molecule has 2 aromatic carbocycles. The number of fused-ring (bicyclic) bond motifs is 1. The SMILES string of the molecule is Fc1ccc(C2=NC[C@]3(O2)Oc2ccccc2[C@@H]3Cl)cc1. The lowest BCUT2D eigenvalue weighted by Gasteiger charge is -2.25. The number of benzene rings is 2. The van der Waals surface area contributed by atoms with E-state index in [1.54, 1.807) is 12.1 Å². The molecule has 0 N–H and O–H groups in total. The number of halogens is 2. The molecule has 2 aromatic rings. The average Bonchev–Trinajstić information content (AvgIpc) is 3.04. The number of aliphatic imine (C=N–C) groups is 1. The molecule has 0 aromatic heterocycles. The molecule has 106 valence electrons. The summed E-state index contributed by atoms with van der Waals surface area (Å²) in [5.74, 6) is -0.164. The van der Waals surface area contributed by atoms with Gasteiger partial charge in [-0.2, -0.15) is 0 Å². The third-order valence-electron chi connectivity index (χ3n) is 3.66. The lowest BCUT2D eigenvalue weighted by Crippen LogP contribution is -2.40. The van der Waals surface area contributed by atoms with Crippen molar-refractivity contribution < 1.29 is 13.9 Å². The van der Waals surface area contributed by atoms with Gasteiger partial charge < -0.3 is 9.47 Å². The van der Waals surface area contributed by atoms with Crippen LogP contribution in [0.2, 0.25) is 0 Å². The molecule has 3 nitrogen and oxygen atoms in total. The van der Waals surface area contributed by atoms with Crippen molar-refractivity contribution >= 4 is 17.5 Å². The molecule has 0 radical (unpaired) electrons. The van der Waals surface area contributed by atoms with Crippen molar-refractivity contribution in [3.05, 3.63) is 65.5 Å². The van der Waals surface area contributed by atoms with Crippen molar-refractivity contribution in [1.29, 1.82) is 0 Å². The largest absolute Gasteiger partial charge is 0.448 e. The quantitative estimate of drug-likeness (QED) is 0.753. The van der Waals surface area contributed by atoms with Crippen LogP contribution >= 0.6 is 11.6 Å². The van der Waals surface area contributed by atoms with Gasteiger partial charge in [-0.05, 0) is 30.3 Å². The van der Waals surface area contributed by atoms with Crippen LogP contribution < -0.4 is 4.74 Å². The Labute approximate surface area is 126 Å². The molecule has 0 amide bonds. The maximum Gasteiger partial charge on any atom is 0.293 e. The Morgan fingerprint density at radius 2 is 1.86 bits per heavy atom. The van der Waals surface area contributed by atoms with E-state index >= 15 is 0 Å². The number of alkyl halides is 1. The number of hydrogen-bond donors (Lipinski definition) is 0. The van der Waals surface area contributed by atoms with E-state index in [9.17, 15) is 4.39 Å². The summed E-state index contributed by atoms with van der Waals surface area (Å²) in [6.45, 7) is 0.308. The molecule has 2 atom stereocenters. The fourth-order valence-corrected chi connectivity index (χ4v) is 2.93. The Morgan fingerprint density at radius 3 is 2.62 bits per heavy atom. The maximum atomic E-state index is 13.0. The fraction of sp³-hybridized carbons (Fsp3) is 0.188. The highest BCUT2D eigenvalue weighted by Crippen LogP contribution is 2.49. The van der Waals surface area contributed by atoms with Gasteiger partial charge in [0.25, 0.3) is 5.79 Å². The van der Waals surface area contributed by atoms with E-state index < -0.39 is 11.2 Å². The van der Waals surface area contributed by atoms with Crippen molar-refractivity contribution in [2.24, 2.45) is 4.99 Å². The van der Waals surface area contributed by atoms with Crippen molar-refractivity contribution in [2.45, 2.75) is 11.2 Å². The Bertz CT molecular complexity index is 731. The average molecular weight is 304 g/mol. The van der Waals surface area contributed by atoms with Gasteiger partial charge in [0.15, 0.2) is 0 Å². The zero-order valence-electron chi connectivity index (χ0n) is 10.9. The molecule has 5 heteroatoms. The highest BCUT2D eigenvalue weighted by atomic mass is 35.5. The Morgan fingerprint density at radius 1 is 1.10 bits per heavy atom. The Hall–Kier alpha value is -2.07. The lowest BCUT2D eigenvalue weighted by molar-refractivity contribution is -0.0864. The van der Waals surface area contributed by atoms with Crippen LogP contribution in [-0.4, -0.2) is 18.2 Å². The summed E-state index contributed by atoms with van der Waals surface area (Å²) in [5.41, 5.74) is 1.60. The smallest absolute Gasteiger partial charge is 0.293 e. The Balaban J connectivity index is 1.63. The summed E-state index contributed by atoms with van der Waals surface area (Å²) in [6, 6.07) is 13.6. The molecule has 1 spiro atoms. The summed E-state index contributed by atoms with van der Waals surface area (Å²) >= 11 is 6.50. The van der Waals surface area contributed by atoms with Crippen LogP contribution in [-0.2, 0) is 4.74 Å². The second-order valence-electron chi connectivity index (χ2n) is 5.04. The normalized spacial score (nSPS) is 26.2. The first-order chi connectivity index (χ1) is 10.2. The lowest BCUT2D eigenvalue weighted by atomic mass is 10.1. The van der Waals surface area contributed by atoms with Crippen LogP contribution in [0.4, 0.5) is 4.39 Å². The monoisotopic (exact) mass is 303 g/mol. The standard InChI is InChI=1S/C16H11ClFNO2/c17-14-12-3-1-2-4-13(12)20-16(14)9-19-15(21-16)10-5-7-11(18)8-6-10/h1-8,14H,9H2/t14-,16+/m0/s1. The van der Waals surface area contributed by atoms with Crippen LogP contribution in [0.15, 0.2) is 53.5 Å². The predicted molar refractivity (Wildman–Crippen MR) is 77.3 cm³/mol. The molecule has 21 heavy (non-hydrogen) atoms. The second-order valence-corrected chi connectivity index (χ2v) is 5.48. The van der Waals surface area contributed by atoms with Gasteiger partial charge in [-0.25, -0.2) is 9.38 Å². The fourth-order valence-electron chi connectivity index (χ4n) is 2.60. The minimum atomic E-state index is -1.00. The number of nitrogens with zero attached hydrogens (tertiary/aromatic N) is 1. The highest BCUT2D eigenvalue weighted by molar-refractivity contribution is 6.22. The van der Waals surface area contributed by atoms with Gasteiger partial charge >= 0.3 is 0 Å². The van der Waals surface area contributed by atoms with Crippen molar-refractivity contribution in [2.75, 3.05) is 6.54 Å². The summed E-state index contributed by atoms with van der Waals surface area (Å²) in [5, 5.41) is -0.435. The molecule has 0 saturated heterocycles. The molecule has 2 aliphatic heterocycles. The van der Waals surface area contributed by atoms with Crippen LogP contribution in [0, 0.1) is 5.82 Å². The minimum absolute atomic E-state index is 0.299. The number of rotatable bonds is 1. The van der Waals surface area contributed by atoms with E-state index in [2.05, 4.69) is 4.99 Å². The van der Waals surface area contributed by atoms with Crippen LogP contribution in [0.1, 0.15) is 16.5 Å². The van der Waals surface area contributed by atoms with Gasteiger partial charge in [0.05, 0.1) is 0 Å². The van der Waals surface area contributed by atoms with Gasteiger partial charge in [-0.3, -0.25) is 0 Å². The van der Waals surface area contributed by atoms with Gasteiger partial charge in [0.1, 0.15) is 23.5 Å². The number of ether oxygens (including phenoxy) is 2. The molecule has 2 aliphatic rings. The first-order valence-electron chi connectivity index (χ1n) is 6.59. The highest BCUT2D eigenvalue weighted by Gasteiger charge is 2.53. The molecule has 0 aliphatic carbocycles. The van der Waals surface area contributed by atoms with E-state index in [0.717, 1.165) is 5.56 Å². The predicted octanol–water partition coefficient (Wildman–Crippen LogP) is 3.67. The van der Waals surface area contributed by atoms with E-state index in [1.165, 1.54) is 12.1 Å². The molecular weight excluding hydrogens is 293 g/mol. The molecule has 4 rings (SSSR count). The van der Waals surface area contributed by atoms with Crippen LogP contribution in [0.25, 0.3) is 0 Å². The number of hydrogen-bond acceptors (Lipinski definition) is 3. The molecular formula is C16H11ClFNO2. The first kappa shape index (κ1) is 12.7. The maximum absolute atomic E-state index is 13.0. The molecule has 2 heterocycles. The molecule has 0 unspecified atom stereocenters. The number of para-hydroxylation sites is 1. The van der Waals surface area contributed by atoms with Crippen molar-refractivity contribution in [3.8, 4) is 5.75 Å². The zero-order valence-corrected chi connectivity index (χ0v) is 11.7. The minimum Gasteiger partial charge on any atom is -0.448 e. The van der Waals surface area contributed by atoms with E-state index in [-0.39, 0.29) is 5.82 Å². The van der Waals surface area contributed by atoms with Gasteiger partial charge in [0.2, 0.25) is 5.90 Å². The van der Waals surface area contributed by atoms with Crippen molar-refractivity contribution in [1.82, 2.24) is 0 Å². The second kappa shape index (κ2) is 4.46. The van der Waals surface area contributed by atoms with Gasteiger partial charge in [-0.15, -0.1) is 11.6 Å². The van der Waals surface area contributed by atoms with Gasteiger partial charge in [-0.1, -0.05) is 18.2 Å². The van der Waals surface area contributed by atoms with E-state index in [0.29, 0.717) is 23.8 Å². The third kappa shape index (κ3) is 1.90. The topological polar surface area (TPSA) is 30.8 Å². The molecule has 0 fully saturated rings. The summed E-state index contributed by atoms with van der Waals surface area (Å²) in [4.78, 5) is 4.37. The first-order valence-corrected chi connectivity index (χ1v) is 7.03. The summed E-state index contributed by atoms with van der Waals surface area (Å²) in [7, 11) is 0.